The van der Waals surface area contributed by atoms with Gasteiger partial charge in [0, 0.05) is 17.1 Å². The second kappa shape index (κ2) is 7.55. The monoisotopic (exact) mass is 352 g/mol. The van der Waals surface area contributed by atoms with Crippen LogP contribution in [-0.2, 0) is 22.2 Å². The van der Waals surface area contributed by atoms with E-state index in [0.717, 1.165) is 11.6 Å². The average Bonchev–Trinajstić information content (AvgIpc) is 2.51. The molecule has 0 bridgehead atoms. The predicted octanol–water partition coefficient (Wildman–Crippen LogP) is 3.01. The van der Waals surface area contributed by atoms with Crippen LogP contribution in [0.3, 0.4) is 0 Å². The molecule has 0 aliphatic heterocycles. The van der Waals surface area contributed by atoms with Crippen LogP contribution in [-0.4, -0.2) is 15.0 Å². The highest BCUT2D eigenvalue weighted by molar-refractivity contribution is 7.88. The van der Waals surface area contributed by atoms with Gasteiger partial charge in [-0.3, -0.25) is 0 Å². The number of rotatable bonds is 6. The van der Waals surface area contributed by atoms with Gasteiger partial charge in [0.15, 0.2) is 0 Å². The fourth-order valence-electron chi connectivity index (χ4n) is 1.99. The van der Waals surface area contributed by atoms with Crippen molar-refractivity contribution < 1.29 is 12.8 Å². The molecule has 0 amide bonds. The normalized spacial score (nSPS) is 11.2. The molecule has 0 aliphatic rings. The molecule has 0 saturated heterocycles. The third kappa shape index (κ3) is 5.32. The smallest absolute Gasteiger partial charge is 0.215 e. The van der Waals surface area contributed by atoms with Crippen LogP contribution < -0.4 is 4.72 Å². The number of hydrogen-bond acceptors (Lipinski definition) is 3. The van der Waals surface area contributed by atoms with Crippen molar-refractivity contribution in [1.29, 1.82) is 5.26 Å². The molecule has 1 N–H and O–H groups in total. The molecule has 120 valence electrons. The number of sulfonamides is 1. The molecule has 0 atom stereocenters. The highest BCUT2D eigenvalue weighted by atomic mass is 35.5. The Morgan fingerprint density at radius 3 is 2.48 bits per heavy atom. The van der Waals surface area contributed by atoms with E-state index in [1.54, 1.807) is 18.2 Å². The first-order valence-electron chi connectivity index (χ1n) is 6.80. The van der Waals surface area contributed by atoms with Crippen molar-refractivity contribution in [3.05, 3.63) is 70.0 Å². The van der Waals surface area contributed by atoms with Gasteiger partial charge in [-0.25, -0.2) is 17.5 Å². The summed E-state index contributed by atoms with van der Waals surface area (Å²) in [6.07, 6.45) is 0.506. The maximum atomic E-state index is 13.7. The first kappa shape index (κ1) is 17.4. The lowest BCUT2D eigenvalue weighted by Gasteiger charge is -2.08. The zero-order chi connectivity index (χ0) is 16.9. The van der Waals surface area contributed by atoms with Gasteiger partial charge in [0.2, 0.25) is 10.0 Å². The van der Waals surface area contributed by atoms with E-state index >= 15 is 0 Å². The molecule has 2 aromatic rings. The highest BCUT2D eigenvalue weighted by Crippen LogP contribution is 2.13. The lowest BCUT2D eigenvalue weighted by atomic mass is 10.1. The van der Waals surface area contributed by atoms with Crippen LogP contribution in [0.4, 0.5) is 4.39 Å². The van der Waals surface area contributed by atoms with Crippen LogP contribution in [0.5, 0.6) is 0 Å². The maximum Gasteiger partial charge on any atom is 0.215 e. The minimum atomic E-state index is -3.65. The van der Waals surface area contributed by atoms with Crippen molar-refractivity contribution in [1.82, 2.24) is 4.72 Å². The number of halogens is 2. The predicted molar refractivity (Wildman–Crippen MR) is 86.9 cm³/mol. The van der Waals surface area contributed by atoms with E-state index < -0.39 is 21.6 Å². The summed E-state index contributed by atoms with van der Waals surface area (Å²) in [5.41, 5.74) is 1.13. The topological polar surface area (TPSA) is 70.0 Å². The Morgan fingerprint density at radius 2 is 1.87 bits per heavy atom. The average molecular weight is 353 g/mol. The molecule has 0 fully saturated rings. The lowest BCUT2D eigenvalue weighted by Crippen LogP contribution is -2.27. The Kier molecular flexibility index (Phi) is 5.72. The second-order valence-corrected chi connectivity index (χ2v) is 7.19. The molecular formula is C16H14ClFN2O2S. The van der Waals surface area contributed by atoms with E-state index in [1.807, 2.05) is 12.1 Å². The number of nitrogens with one attached hydrogen (secondary N) is 1. The van der Waals surface area contributed by atoms with Gasteiger partial charge in [0.1, 0.15) is 5.82 Å². The number of nitrogens with zero attached hydrogens (tertiary/aromatic N) is 1. The van der Waals surface area contributed by atoms with E-state index in [-0.39, 0.29) is 17.7 Å². The van der Waals surface area contributed by atoms with E-state index in [1.165, 1.54) is 12.1 Å². The first-order valence-corrected chi connectivity index (χ1v) is 8.83. The van der Waals surface area contributed by atoms with E-state index in [4.69, 9.17) is 16.9 Å². The second-order valence-electron chi connectivity index (χ2n) is 4.95. The molecule has 23 heavy (non-hydrogen) atoms. The molecule has 0 spiro atoms. The summed E-state index contributed by atoms with van der Waals surface area (Å²) < 4.78 is 40.1. The fourth-order valence-corrected chi connectivity index (χ4v) is 3.28. The molecule has 2 rings (SSSR count). The number of benzene rings is 2. The zero-order valence-corrected chi connectivity index (χ0v) is 13.7. The fraction of sp³-hybridized carbons (Fsp3) is 0.188. The third-order valence-corrected chi connectivity index (χ3v) is 4.76. The van der Waals surface area contributed by atoms with Crippen molar-refractivity contribution in [2.24, 2.45) is 0 Å². The summed E-state index contributed by atoms with van der Waals surface area (Å²) in [7, 11) is -3.65. The minimum absolute atomic E-state index is 0.0305. The molecule has 0 heterocycles. The molecule has 0 unspecified atom stereocenters. The van der Waals surface area contributed by atoms with Gasteiger partial charge in [-0.05, 0) is 36.2 Å². The van der Waals surface area contributed by atoms with Crippen LogP contribution in [0.25, 0.3) is 0 Å². The van der Waals surface area contributed by atoms with Gasteiger partial charge in [-0.2, -0.15) is 5.26 Å². The summed E-state index contributed by atoms with van der Waals surface area (Å²) in [6.45, 7) is 0.210. The Hall–Kier alpha value is -1.94. The number of hydrogen-bond donors (Lipinski definition) is 1. The largest absolute Gasteiger partial charge is 0.215 e. The van der Waals surface area contributed by atoms with E-state index in [2.05, 4.69) is 4.72 Å². The van der Waals surface area contributed by atoms with Crippen LogP contribution in [0.15, 0.2) is 42.5 Å². The SMILES string of the molecule is N#Cc1ccc(CS(=O)(=O)NCCc2ccc(Cl)cc2)c(F)c1. The van der Waals surface area contributed by atoms with Crippen LogP contribution in [0.1, 0.15) is 16.7 Å². The minimum Gasteiger partial charge on any atom is -0.215 e. The summed E-state index contributed by atoms with van der Waals surface area (Å²) in [6, 6.07) is 12.6. The summed E-state index contributed by atoms with van der Waals surface area (Å²) in [5.74, 6) is -1.17. The Labute approximate surface area is 139 Å². The molecule has 0 radical (unpaired) electrons. The highest BCUT2D eigenvalue weighted by Gasteiger charge is 2.14. The van der Waals surface area contributed by atoms with Gasteiger partial charge >= 0.3 is 0 Å². The van der Waals surface area contributed by atoms with Gasteiger partial charge in [-0.1, -0.05) is 29.8 Å². The molecular weight excluding hydrogens is 339 g/mol. The summed E-state index contributed by atoms with van der Waals surface area (Å²) in [5, 5.41) is 9.29. The van der Waals surface area contributed by atoms with Gasteiger partial charge in [0.05, 0.1) is 17.4 Å². The maximum absolute atomic E-state index is 13.7. The molecule has 0 saturated carbocycles. The third-order valence-electron chi connectivity index (χ3n) is 3.18. The van der Waals surface area contributed by atoms with Crippen molar-refractivity contribution in [3.8, 4) is 6.07 Å². The van der Waals surface area contributed by atoms with Crippen molar-refractivity contribution in [2.75, 3.05) is 6.54 Å². The van der Waals surface area contributed by atoms with Crippen LogP contribution >= 0.6 is 11.6 Å². The van der Waals surface area contributed by atoms with E-state index in [9.17, 15) is 12.8 Å². The zero-order valence-electron chi connectivity index (χ0n) is 12.1. The molecule has 7 heteroatoms. The van der Waals surface area contributed by atoms with Crippen molar-refractivity contribution >= 4 is 21.6 Å². The molecule has 2 aromatic carbocycles. The van der Waals surface area contributed by atoms with Crippen LogP contribution in [0, 0.1) is 17.1 Å². The Bertz CT molecular complexity index is 830. The summed E-state index contributed by atoms with van der Waals surface area (Å²) in [4.78, 5) is 0. The Balaban J connectivity index is 1.94. The number of nitriles is 1. The van der Waals surface area contributed by atoms with Crippen molar-refractivity contribution in [2.45, 2.75) is 12.2 Å². The van der Waals surface area contributed by atoms with Gasteiger partial charge in [-0.15, -0.1) is 0 Å². The molecule has 0 aromatic heterocycles. The quantitative estimate of drug-likeness (QED) is 0.868. The van der Waals surface area contributed by atoms with Crippen molar-refractivity contribution in [3.63, 3.8) is 0 Å². The molecule has 0 aliphatic carbocycles. The van der Waals surface area contributed by atoms with Gasteiger partial charge in [0.25, 0.3) is 0 Å². The van der Waals surface area contributed by atoms with Crippen LogP contribution in [0.2, 0.25) is 5.02 Å². The molecule has 4 nitrogen and oxygen atoms in total. The van der Waals surface area contributed by atoms with E-state index in [0.29, 0.717) is 11.4 Å². The first-order chi connectivity index (χ1) is 10.9. The van der Waals surface area contributed by atoms with Gasteiger partial charge < -0.3 is 0 Å². The Morgan fingerprint density at radius 1 is 1.17 bits per heavy atom. The summed E-state index contributed by atoms with van der Waals surface area (Å²) >= 11 is 5.78. The lowest BCUT2D eigenvalue weighted by molar-refractivity contribution is 0.574. The standard InChI is InChI=1S/C16H14ClFN2O2S/c17-15-5-2-12(3-6-15)7-8-20-23(21,22)11-14-4-1-13(10-19)9-16(14)18/h1-6,9,20H,7-8,11H2.